The number of likely N-dealkylation sites (tertiary alicyclic amines) is 2. The number of rotatable bonds is 1. The minimum Gasteiger partial charge on any atom is -0.444 e. The van der Waals surface area contributed by atoms with Gasteiger partial charge in [-0.3, -0.25) is 14.5 Å². The molecule has 2 saturated heterocycles. The highest BCUT2D eigenvalue weighted by molar-refractivity contribution is 5.97. The van der Waals surface area contributed by atoms with Gasteiger partial charge >= 0.3 is 6.09 Å². The van der Waals surface area contributed by atoms with Crippen molar-refractivity contribution in [3.05, 3.63) is 0 Å². The van der Waals surface area contributed by atoms with Gasteiger partial charge in [-0.05, 0) is 33.6 Å². The molecule has 112 valence electrons. The van der Waals surface area contributed by atoms with Crippen LogP contribution < -0.4 is 0 Å². The molecule has 0 aromatic heterocycles. The molecular weight excluding hydrogens is 260 g/mol. The Morgan fingerprint density at radius 2 is 1.80 bits per heavy atom. The first-order valence-electron chi connectivity index (χ1n) is 7.08. The van der Waals surface area contributed by atoms with E-state index in [1.165, 1.54) is 4.90 Å². The lowest BCUT2D eigenvalue weighted by Crippen LogP contribution is -2.48. The predicted octanol–water partition coefficient (Wildman–Crippen LogP) is 1.19. The van der Waals surface area contributed by atoms with E-state index in [9.17, 15) is 14.4 Å². The SMILES string of the molecule is CC(C)(C)OC(=O)N1CC(=O)C[C@H]1C(=O)N1CCCC1. The first-order chi connectivity index (χ1) is 9.28. The van der Waals surface area contributed by atoms with E-state index >= 15 is 0 Å². The fraction of sp³-hybridized carbons (Fsp3) is 0.786. The van der Waals surface area contributed by atoms with Crippen LogP contribution in [0.25, 0.3) is 0 Å². The average Bonchev–Trinajstić information content (AvgIpc) is 2.94. The van der Waals surface area contributed by atoms with Crippen LogP contribution in [0.2, 0.25) is 0 Å². The van der Waals surface area contributed by atoms with Crippen LogP contribution in [0.1, 0.15) is 40.0 Å². The van der Waals surface area contributed by atoms with Crippen molar-refractivity contribution in [3.8, 4) is 0 Å². The summed E-state index contributed by atoms with van der Waals surface area (Å²) in [7, 11) is 0. The molecular formula is C14H22N2O4. The van der Waals surface area contributed by atoms with Crippen LogP contribution >= 0.6 is 0 Å². The quantitative estimate of drug-likeness (QED) is 0.724. The lowest BCUT2D eigenvalue weighted by atomic mass is 10.2. The third-order valence-corrected chi connectivity index (χ3v) is 3.47. The lowest BCUT2D eigenvalue weighted by Gasteiger charge is -2.29. The summed E-state index contributed by atoms with van der Waals surface area (Å²) in [5.41, 5.74) is -0.635. The fourth-order valence-corrected chi connectivity index (χ4v) is 2.57. The number of carbonyl (C=O) groups excluding carboxylic acids is 3. The van der Waals surface area contributed by atoms with Crippen LogP contribution in [0, 0.1) is 0 Å². The van der Waals surface area contributed by atoms with Crippen molar-refractivity contribution < 1.29 is 19.1 Å². The predicted molar refractivity (Wildman–Crippen MR) is 72.2 cm³/mol. The number of ketones is 1. The molecule has 0 unspecified atom stereocenters. The van der Waals surface area contributed by atoms with Crippen LogP contribution in [0.5, 0.6) is 0 Å². The van der Waals surface area contributed by atoms with Gasteiger partial charge in [0.25, 0.3) is 0 Å². The number of hydrogen-bond donors (Lipinski definition) is 0. The zero-order chi connectivity index (χ0) is 14.9. The first kappa shape index (κ1) is 14.8. The van der Waals surface area contributed by atoms with E-state index < -0.39 is 17.7 Å². The van der Waals surface area contributed by atoms with Gasteiger partial charge in [-0.15, -0.1) is 0 Å². The molecule has 0 N–H and O–H groups in total. The summed E-state index contributed by atoms with van der Waals surface area (Å²) >= 11 is 0. The number of carbonyl (C=O) groups is 3. The van der Waals surface area contributed by atoms with E-state index in [0.717, 1.165) is 12.8 Å². The molecule has 0 aromatic rings. The number of nitrogens with zero attached hydrogens (tertiary/aromatic N) is 2. The lowest BCUT2D eigenvalue weighted by molar-refractivity contribution is -0.135. The molecule has 0 aromatic carbocycles. The van der Waals surface area contributed by atoms with Crippen LogP contribution in [0.3, 0.4) is 0 Å². The number of hydrogen-bond acceptors (Lipinski definition) is 4. The molecule has 2 aliphatic heterocycles. The molecule has 2 heterocycles. The van der Waals surface area contributed by atoms with Crippen molar-refractivity contribution in [2.45, 2.75) is 51.7 Å². The zero-order valence-corrected chi connectivity index (χ0v) is 12.3. The molecule has 0 bridgehead atoms. The van der Waals surface area contributed by atoms with E-state index in [-0.39, 0.29) is 24.7 Å². The van der Waals surface area contributed by atoms with E-state index in [2.05, 4.69) is 0 Å². The van der Waals surface area contributed by atoms with Crippen LogP contribution in [0.4, 0.5) is 4.79 Å². The monoisotopic (exact) mass is 282 g/mol. The van der Waals surface area contributed by atoms with Crippen LogP contribution in [0.15, 0.2) is 0 Å². The van der Waals surface area contributed by atoms with Crippen molar-refractivity contribution in [2.75, 3.05) is 19.6 Å². The first-order valence-corrected chi connectivity index (χ1v) is 7.08. The summed E-state index contributed by atoms with van der Waals surface area (Å²) < 4.78 is 5.28. The normalized spacial score (nSPS) is 23.4. The van der Waals surface area contributed by atoms with Gasteiger partial charge in [0, 0.05) is 19.5 Å². The maximum atomic E-state index is 12.4. The molecule has 20 heavy (non-hydrogen) atoms. The van der Waals surface area contributed by atoms with Gasteiger partial charge in [0.15, 0.2) is 5.78 Å². The van der Waals surface area contributed by atoms with Gasteiger partial charge in [-0.1, -0.05) is 0 Å². The largest absolute Gasteiger partial charge is 0.444 e. The third kappa shape index (κ3) is 3.29. The van der Waals surface area contributed by atoms with E-state index in [1.54, 1.807) is 25.7 Å². The Balaban J connectivity index is 2.08. The molecule has 6 nitrogen and oxygen atoms in total. The molecule has 2 aliphatic rings. The smallest absolute Gasteiger partial charge is 0.411 e. The van der Waals surface area contributed by atoms with Crippen LogP contribution in [-0.2, 0) is 14.3 Å². The van der Waals surface area contributed by atoms with Crippen molar-refractivity contribution in [3.63, 3.8) is 0 Å². The maximum absolute atomic E-state index is 12.4. The Morgan fingerprint density at radius 1 is 1.20 bits per heavy atom. The second-order valence-electron chi connectivity index (χ2n) is 6.40. The fourth-order valence-electron chi connectivity index (χ4n) is 2.57. The minimum atomic E-state index is -0.685. The van der Waals surface area contributed by atoms with Gasteiger partial charge in [-0.2, -0.15) is 0 Å². The van der Waals surface area contributed by atoms with Gasteiger partial charge in [0.05, 0.1) is 6.54 Å². The average molecular weight is 282 g/mol. The van der Waals surface area contributed by atoms with Crippen molar-refractivity contribution >= 4 is 17.8 Å². The second-order valence-corrected chi connectivity index (χ2v) is 6.40. The summed E-state index contributed by atoms with van der Waals surface area (Å²) in [5, 5.41) is 0. The number of Topliss-reactive ketones (excluding diaryl/α,β-unsaturated/α-hetero) is 1. The highest BCUT2D eigenvalue weighted by Crippen LogP contribution is 2.22. The van der Waals surface area contributed by atoms with E-state index in [1.807, 2.05) is 0 Å². The molecule has 2 fully saturated rings. The molecule has 0 aliphatic carbocycles. The maximum Gasteiger partial charge on any atom is 0.411 e. The Morgan fingerprint density at radius 3 is 2.35 bits per heavy atom. The minimum absolute atomic E-state index is 0.0286. The summed E-state index contributed by atoms with van der Waals surface area (Å²) in [6.07, 6.45) is 1.49. The molecule has 0 radical (unpaired) electrons. The topological polar surface area (TPSA) is 66.9 Å². The molecule has 0 spiro atoms. The van der Waals surface area contributed by atoms with Crippen molar-refractivity contribution in [2.24, 2.45) is 0 Å². The van der Waals surface area contributed by atoms with Crippen molar-refractivity contribution in [1.29, 1.82) is 0 Å². The van der Waals surface area contributed by atoms with Gasteiger partial charge in [-0.25, -0.2) is 4.79 Å². The molecule has 6 heteroatoms. The summed E-state index contributed by atoms with van der Waals surface area (Å²) in [4.78, 5) is 39.2. The Bertz CT molecular complexity index is 421. The van der Waals surface area contributed by atoms with Gasteiger partial charge in [0.1, 0.15) is 11.6 Å². The number of amides is 2. The summed E-state index contributed by atoms with van der Waals surface area (Å²) in [6, 6.07) is -0.685. The highest BCUT2D eigenvalue weighted by atomic mass is 16.6. The Kier molecular flexibility index (Phi) is 4.01. The summed E-state index contributed by atoms with van der Waals surface area (Å²) in [5.74, 6) is -0.215. The number of ether oxygens (including phenoxy) is 1. The molecule has 0 saturated carbocycles. The molecule has 1 atom stereocenters. The second kappa shape index (κ2) is 5.42. The van der Waals surface area contributed by atoms with Crippen LogP contribution in [-0.4, -0.2) is 58.9 Å². The standard InChI is InChI=1S/C14H22N2O4/c1-14(2,3)20-13(19)16-9-10(17)8-11(16)12(18)15-6-4-5-7-15/h11H,4-9H2,1-3H3/t11-/m0/s1. The zero-order valence-electron chi connectivity index (χ0n) is 12.3. The third-order valence-electron chi connectivity index (χ3n) is 3.47. The molecule has 2 amide bonds. The Hall–Kier alpha value is -1.59. The molecule has 2 rings (SSSR count). The highest BCUT2D eigenvalue weighted by Gasteiger charge is 2.42. The van der Waals surface area contributed by atoms with E-state index in [0.29, 0.717) is 13.1 Å². The Labute approximate surface area is 119 Å². The van der Waals surface area contributed by atoms with Gasteiger partial charge < -0.3 is 9.64 Å². The van der Waals surface area contributed by atoms with E-state index in [4.69, 9.17) is 4.74 Å². The van der Waals surface area contributed by atoms with Gasteiger partial charge in [0.2, 0.25) is 5.91 Å². The summed E-state index contributed by atoms with van der Waals surface area (Å²) in [6.45, 7) is 6.69. The van der Waals surface area contributed by atoms with Crippen molar-refractivity contribution in [1.82, 2.24) is 9.80 Å².